The number of aryl methyl sites for hydroxylation is 1. The third-order valence-electron chi connectivity index (χ3n) is 3.04. The average molecular weight is 372 g/mol. The van der Waals surface area contributed by atoms with Crippen LogP contribution < -0.4 is 5.32 Å². The van der Waals surface area contributed by atoms with Crippen molar-refractivity contribution < 1.29 is 0 Å². The van der Waals surface area contributed by atoms with Crippen molar-refractivity contribution in [3.05, 3.63) is 32.3 Å². The fourth-order valence-electron chi connectivity index (χ4n) is 2.18. The monoisotopic (exact) mass is 370 g/mol. The average Bonchev–Trinajstić information content (AvgIpc) is 2.33. The van der Waals surface area contributed by atoms with Gasteiger partial charge in [0.15, 0.2) is 0 Å². The van der Waals surface area contributed by atoms with E-state index < -0.39 is 0 Å². The Balaban J connectivity index is 2.86. The molecule has 0 aliphatic carbocycles. The zero-order valence-electron chi connectivity index (χ0n) is 10.8. The molecule has 0 amide bonds. The fraction of sp³-hybridized carbons (Fsp3) is 0.357. The summed E-state index contributed by atoms with van der Waals surface area (Å²) in [5, 5.41) is 4.63. The highest BCUT2D eigenvalue weighted by molar-refractivity contribution is 9.11. The summed E-state index contributed by atoms with van der Waals surface area (Å²) in [6.45, 7) is 7.30. The second kappa shape index (κ2) is 5.57. The van der Waals surface area contributed by atoms with Crippen LogP contribution in [0.2, 0.25) is 0 Å². The van der Waals surface area contributed by atoms with Crippen LogP contribution >= 0.6 is 31.9 Å². The number of hydrogen-bond donors (Lipinski definition) is 1. The normalized spacial score (nSPS) is 10.9. The SMILES string of the molecule is CCNc1c(C)c(CC)nc2c(Br)cc(Br)cc12. The summed E-state index contributed by atoms with van der Waals surface area (Å²) >= 11 is 7.14. The Hall–Kier alpha value is -0.610. The van der Waals surface area contributed by atoms with Crippen LogP contribution in [0.1, 0.15) is 25.1 Å². The second-order valence-electron chi connectivity index (χ2n) is 4.23. The molecule has 0 spiro atoms. The van der Waals surface area contributed by atoms with Gasteiger partial charge < -0.3 is 5.32 Å². The molecule has 1 aromatic heterocycles. The van der Waals surface area contributed by atoms with Gasteiger partial charge in [0.05, 0.1) is 5.52 Å². The van der Waals surface area contributed by atoms with Crippen LogP contribution in [0.4, 0.5) is 5.69 Å². The lowest BCUT2D eigenvalue weighted by molar-refractivity contribution is 1.02. The number of nitrogens with one attached hydrogen (secondary N) is 1. The third kappa shape index (κ3) is 2.41. The molecule has 18 heavy (non-hydrogen) atoms. The Morgan fingerprint density at radius 2 is 1.94 bits per heavy atom. The van der Waals surface area contributed by atoms with Crippen LogP contribution in [0, 0.1) is 6.92 Å². The maximum Gasteiger partial charge on any atom is 0.0869 e. The van der Waals surface area contributed by atoms with Gasteiger partial charge in [-0.05, 0) is 53.9 Å². The molecule has 0 aliphatic heterocycles. The number of hydrogen-bond acceptors (Lipinski definition) is 2. The molecule has 0 aliphatic rings. The Kier molecular flexibility index (Phi) is 4.28. The molecule has 0 fully saturated rings. The summed E-state index contributed by atoms with van der Waals surface area (Å²) < 4.78 is 2.09. The van der Waals surface area contributed by atoms with Crippen molar-refractivity contribution in [2.45, 2.75) is 27.2 Å². The second-order valence-corrected chi connectivity index (χ2v) is 6.00. The van der Waals surface area contributed by atoms with Gasteiger partial charge in [-0.25, -0.2) is 0 Å². The minimum Gasteiger partial charge on any atom is -0.385 e. The first-order valence-corrected chi connectivity index (χ1v) is 7.69. The Morgan fingerprint density at radius 1 is 1.22 bits per heavy atom. The molecular formula is C14H16Br2N2. The van der Waals surface area contributed by atoms with E-state index in [0.717, 1.165) is 38.5 Å². The number of anilines is 1. The van der Waals surface area contributed by atoms with E-state index in [1.165, 1.54) is 11.3 Å². The number of nitrogens with zero attached hydrogens (tertiary/aromatic N) is 1. The maximum atomic E-state index is 4.77. The topological polar surface area (TPSA) is 24.9 Å². The molecule has 0 saturated carbocycles. The van der Waals surface area contributed by atoms with Gasteiger partial charge >= 0.3 is 0 Å². The molecule has 2 rings (SSSR count). The Labute approximate surface area is 124 Å². The molecule has 0 unspecified atom stereocenters. The highest BCUT2D eigenvalue weighted by Gasteiger charge is 2.13. The van der Waals surface area contributed by atoms with Crippen molar-refractivity contribution in [3.8, 4) is 0 Å². The van der Waals surface area contributed by atoms with Crippen LogP contribution in [0.15, 0.2) is 21.1 Å². The first-order chi connectivity index (χ1) is 8.58. The standard InChI is InChI=1S/C14H16Br2N2/c1-4-12-8(3)13(17-5-2)10-6-9(15)7-11(16)14(10)18-12/h6-7H,4-5H2,1-3H3,(H,17,18). The highest BCUT2D eigenvalue weighted by Crippen LogP contribution is 2.34. The Morgan fingerprint density at radius 3 is 2.56 bits per heavy atom. The summed E-state index contributed by atoms with van der Waals surface area (Å²) in [6.07, 6.45) is 0.947. The summed E-state index contributed by atoms with van der Waals surface area (Å²) in [5.41, 5.74) is 4.62. The number of benzene rings is 1. The third-order valence-corrected chi connectivity index (χ3v) is 4.10. The minimum absolute atomic E-state index is 0.910. The van der Waals surface area contributed by atoms with E-state index in [0.29, 0.717) is 0 Å². The molecule has 0 atom stereocenters. The van der Waals surface area contributed by atoms with Crippen molar-refractivity contribution >= 4 is 48.5 Å². The van der Waals surface area contributed by atoms with Crippen LogP contribution in [-0.4, -0.2) is 11.5 Å². The van der Waals surface area contributed by atoms with Crippen LogP contribution in [0.5, 0.6) is 0 Å². The van der Waals surface area contributed by atoms with Crippen LogP contribution in [0.25, 0.3) is 10.9 Å². The molecule has 1 N–H and O–H groups in total. The predicted octanol–water partition coefficient (Wildman–Crippen LogP) is 5.06. The van der Waals surface area contributed by atoms with E-state index in [4.69, 9.17) is 4.98 Å². The largest absolute Gasteiger partial charge is 0.385 e. The number of aromatic nitrogens is 1. The molecule has 96 valence electrons. The smallest absolute Gasteiger partial charge is 0.0869 e. The molecule has 2 aromatic rings. The summed E-state index contributed by atoms with van der Waals surface area (Å²) in [6, 6.07) is 4.16. The molecule has 4 heteroatoms. The van der Waals surface area contributed by atoms with E-state index in [1.54, 1.807) is 0 Å². The van der Waals surface area contributed by atoms with Gasteiger partial charge in [-0.15, -0.1) is 0 Å². The quantitative estimate of drug-likeness (QED) is 0.815. The fourth-order valence-corrected chi connectivity index (χ4v) is 3.50. The van der Waals surface area contributed by atoms with Gasteiger partial charge in [-0.1, -0.05) is 22.9 Å². The van der Waals surface area contributed by atoms with Crippen molar-refractivity contribution in [2.24, 2.45) is 0 Å². The van der Waals surface area contributed by atoms with Gasteiger partial charge in [0.2, 0.25) is 0 Å². The van der Waals surface area contributed by atoms with E-state index in [9.17, 15) is 0 Å². The minimum atomic E-state index is 0.910. The van der Waals surface area contributed by atoms with Crippen LogP contribution in [0.3, 0.4) is 0 Å². The molecule has 2 nitrogen and oxygen atoms in total. The summed E-state index contributed by atoms with van der Waals surface area (Å²) in [7, 11) is 0. The van der Waals surface area contributed by atoms with E-state index >= 15 is 0 Å². The molecule has 0 saturated heterocycles. The van der Waals surface area contributed by atoms with Crippen molar-refractivity contribution in [3.63, 3.8) is 0 Å². The maximum absolute atomic E-state index is 4.77. The van der Waals surface area contributed by atoms with Gasteiger partial charge in [0.1, 0.15) is 0 Å². The number of fused-ring (bicyclic) bond motifs is 1. The predicted molar refractivity (Wildman–Crippen MR) is 85.4 cm³/mol. The summed E-state index contributed by atoms with van der Waals surface area (Å²) in [4.78, 5) is 4.77. The van der Waals surface area contributed by atoms with Crippen molar-refractivity contribution in [2.75, 3.05) is 11.9 Å². The van der Waals surface area contributed by atoms with E-state index in [-0.39, 0.29) is 0 Å². The zero-order valence-corrected chi connectivity index (χ0v) is 13.9. The van der Waals surface area contributed by atoms with Crippen molar-refractivity contribution in [1.29, 1.82) is 0 Å². The first kappa shape index (κ1) is 13.8. The molecule has 1 aromatic carbocycles. The summed E-state index contributed by atoms with van der Waals surface area (Å²) in [5.74, 6) is 0. The van der Waals surface area contributed by atoms with Gasteiger partial charge in [-0.3, -0.25) is 4.98 Å². The highest BCUT2D eigenvalue weighted by atomic mass is 79.9. The molecule has 0 radical (unpaired) electrons. The lowest BCUT2D eigenvalue weighted by Crippen LogP contribution is -2.04. The Bertz CT molecular complexity index is 594. The zero-order chi connectivity index (χ0) is 13.3. The van der Waals surface area contributed by atoms with Crippen LogP contribution in [-0.2, 0) is 6.42 Å². The molecule has 0 bridgehead atoms. The van der Waals surface area contributed by atoms with Gasteiger partial charge in [0, 0.05) is 32.3 Å². The van der Waals surface area contributed by atoms with Gasteiger partial charge in [-0.2, -0.15) is 0 Å². The number of pyridine rings is 1. The van der Waals surface area contributed by atoms with Crippen molar-refractivity contribution in [1.82, 2.24) is 4.98 Å². The molecular weight excluding hydrogens is 356 g/mol. The number of rotatable bonds is 3. The van der Waals surface area contributed by atoms with Gasteiger partial charge in [0.25, 0.3) is 0 Å². The number of halogens is 2. The van der Waals surface area contributed by atoms with E-state index in [1.807, 2.05) is 6.07 Å². The first-order valence-electron chi connectivity index (χ1n) is 6.10. The lowest BCUT2D eigenvalue weighted by Gasteiger charge is -2.15. The molecule has 1 heterocycles. The van der Waals surface area contributed by atoms with E-state index in [2.05, 4.69) is 64.0 Å². The lowest BCUT2D eigenvalue weighted by atomic mass is 10.1.